The number of aliphatic hydroxyl groups excluding tert-OH is 3. The molecule has 0 saturated heterocycles. The van der Waals surface area contributed by atoms with Gasteiger partial charge in [-0.2, -0.15) is 0 Å². The van der Waals surface area contributed by atoms with E-state index in [9.17, 15) is 15.3 Å². The smallest absolute Gasteiger partial charge is 0.120 e. The highest BCUT2D eigenvalue weighted by molar-refractivity contribution is 5.78. The van der Waals surface area contributed by atoms with E-state index in [-0.39, 0.29) is 63.2 Å². The molecule has 0 amide bonds. The van der Waals surface area contributed by atoms with Crippen molar-refractivity contribution < 1.29 is 45.2 Å². The van der Waals surface area contributed by atoms with Crippen LogP contribution in [-0.2, 0) is 14.2 Å². The molecule has 0 radical (unpaired) electrons. The molecule has 4 atom stereocenters. The first-order chi connectivity index (χ1) is 14.3. The minimum Gasteiger partial charge on any atom is -0.394 e. The first-order valence-electron chi connectivity index (χ1n) is 9.01. The number of ether oxygens (including phenoxy) is 3. The summed E-state index contributed by atoms with van der Waals surface area (Å²) in [5.41, 5.74) is 4.90. The normalized spacial score (nSPS) is 15.0. The lowest BCUT2D eigenvalue weighted by molar-refractivity contribution is -0.163. The second-order valence-corrected chi connectivity index (χ2v) is 6.08. The van der Waals surface area contributed by atoms with Crippen molar-refractivity contribution in [1.82, 2.24) is 16.4 Å². The topological polar surface area (TPSA) is 257 Å². The standard InChI is InChI=1S/C15H32N6O9/c16-11(19-25)1-4-28-8-9(23)15(30-6-3-13(18)21-27)14(24)10(7-22)29-5-2-12(17)20-26/h9-10,14-15,22-27H,1-8H2,(H2,16,19)(H2,17,20)(H2,18,21). The Morgan fingerprint density at radius 2 is 1.23 bits per heavy atom. The van der Waals surface area contributed by atoms with E-state index in [1.165, 1.54) is 0 Å². The Morgan fingerprint density at radius 3 is 1.70 bits per heavy atom. The molecule has 0 aliphatic rings. The van der Waals surface area contributed by atoms with Crippen LogP contribution in [0.3, 0.4) is 0 Å². The van der Waals surface area contributed by atoms with Gasteiger partial charge in [-0.3, -0.25) is 48.3 Å². The highest BCUT2D eigenvalue weighted by Crippen LogP contribution is 2.14. The van der Waals surface area contributed by atoms with Crippen LogP contribution in [0.25, 0.3) is 0 Å². The van der Waals surface area contributed by atoms with Crippen molar-refractivity contribution in [3.05, 3.63) is 0 Å². The number of nitrogens with one attached hydrogen (secondary N) is 6. The largest absolute Gasteiger partial charge is 0.394 e. The molecule has 0 fully saturated rings. The second kappa shape index (κ2) is 16.8. The van der Waals surface area contributed by atoms with Crippen molar-refractivity contribution in [2.45, 2.75) is 43.7 Å². The van der Waals surface area contributed by atoms with E-state index in [4.69, 9.17) is 46.1 Å². The predicted molar refractivity (Wildman–Crippen MR) is 101 cm³/mol. The molecule has 0 spiro atoms. The molecule has 0 aromatic carbocycles. The van der Waals surface area contributed by atoms with Gasteiger partial charge in [0, 0.05) is 19.3 Å². The maximum atomic E-state index is 10.5. The summed E-state index contributed by atoms with van der Waals surface area (Å²) in [6.07, 6.45) is -5.46. The molecular weight excluding hydrogens is 408 g/mol. The van der Waals surface area contributed by atoms with E-state index in [1.807, 2.05) is 0 Å². The third-order valence-electron chi connectivity index (χ3n) is 3.81. The van der Waals surface area contributed by atoms with E-state index >= 15 is 0 Å². The zero-order valence-electron chi connectivity index (χ0n) is 16.4. The zero-order chi connectivity index (χ0) is 22.9. The molecule has 0 aromatic heterocycles. The molecule has 15 nitrogen and oxygen atoms in total. The van der Waals surface area contributed by atoms with Crippen LogP contribution in [0.4, 0.5) is 0 Å². The molecule has 30 heavy (non-hydrogen) atoms. The van der Waals surface area contributed by atoms with Crippen molar-refractivity contribution in [2.75, 3.05) is 33.0 Å². The van der Waals surface area contributed by atoms with Gasteiger partial charge in [0.25, 0.3) is 0 Å². The monoisotopic (exact) mass is 440 g/mol. The third-order valence-corrected chi connectivity index (χ3v) is 3.81. The van der Waals surface area contributed by atoms with Crippen LogP contribution in [0.5, 0.6) is 0 Å². The lowest BCUT2D eigenvalue weighted by atomic mass is 10.0. The van der Waals surface area contributed by atoms with Gasteiger partial charge in [0.15, 0.2) is 0 Å². The minimum atomic E-state index is -1.53. The molecule has 0 saturated carbocycles. The zero-order valence-corrected chi connectivity index (χ0v) is 16.4. The number of amidine groups is 3. The molecule has 15 heteroatoms. The lowest BCUT2D eigenvalue weighted by Gasteiger charge is -2.32. The van der Waals surface area contributed by atoms with E-state index in [1.54, 1.807) is 16.4 Å². The van der Waals surface area contributed by atoms with Gasteiger partial charge in [0.1, 0.15) is 41.9 Å². The summed E-state index contributed by atoms with van der Waals surface area (Å²) < 4.78 is 15.9. The molecule has 12 N–H and O–H groups in total. The van der Waals surface area contributed by atoms with Crippen LogP contribution in [0.15, 0.2) is 0 Å². The molecule has 0 aliphatic heterocycles. The fourth-order valence-electron chi connectivity index (χ4n) is 2.16. The summed E-state index contributed by atoms with van der Waals surface area (Å²) >= 11 is 0. The molecule has 4 unspecified atom stereocenters. The van der Waals surface area contributed by atoms with Crippen molar-refractivity contribution >= 4 is 17.5 Å². The van der Waals surface area contributed by atoms with Gasteiger partial charge >= 0.3 is 0 Å². The van der Waals surface area contributed by atoms with E-state index in [0.717, 1.165) is 0 Å². The Labute approximate surface area is 173 Å². The van der Waals surface area contributed by atoms with Gasteiger partial charge < -0.3 is 29.5 Å². The number of aliphatic hydroxyl groups is 3. The summed E-state index contributed by atoms with van der Waals surface area (Å²) in [6.45, 7) is -1.25. The average molecular weight is 440 g/mol. The molecule has 176 valence electrons. The Morgan fingerprint density at radius 1 is 0.767 bits per heavy atom. The van der Waals surface area contributed by atoms with Gasteiger partial charge in [-0.15, -0.1) is 0 Å². The maximum absolute atomic E-state index is 10.5. The lowest BCUT2D eigenvalue weighted by Crippen LogP contribution is -2.50. The Balaban J connectivity index is 4.88. The van der Waals surface area contributed by atoms with Crippen LogP contribution in [0, 0.1) is 16.2 Å². The minimum absolute atomic E-state index is 0.0124. The van der Waals surface area contributed by atoms with Gasteiger partial charge in [-0.1, -0.05) is 0 Å². The van der Waals surface area contributed by atoms with Gasteiger partial charge in [-0.25, -0.2) is 0 Å². The van der Waals surface area contributed by atoms with Crippen LogP contribution in [-0.4, -0.2) is 106 Å². The number of hydrogen-bond acceptors (Lipinski definition) is 12. The van der Waals surface area contributed by atoms with E-state index in [0.29, 0.717) is 0 Å². The number of rotatable bonds is 17. The van der Waals surface area contributed by atoms with Crippen LogP contribution < -0.4 is 16.4 Å². The van der Waals surface area contributed by atoms with Crippen LogP contribution >= 0.6 is 0 Å². The van der Waals surface area contributed by atoms with Crippen LogP contribution in [0.1, 0.15) is 19.3 Å². The Hall–Kier alpha value is -1.95. The average Bonchev–Trinajstić information content (AvgIpc) is 2.75. The molecule has 0 aromatic rings. The van der Waals surface area contributed by atoms with Gasteiger partial charge in [0.2, 0.25) is 0 Å². The fourth-order valence-corrected chi connectivity index (χ4v) is 2.16. The fraction of sp³-hybridized carbons (Fsp3) is 0.800. The summed E-state index contributed by atoms with van der Waals surface area (Å²) in [5, 5.41) is 77.9. The summed E-state index contributed by atoms with van der Waals surface area (Å²) in [6, 6.07) is 0. The van der Waals surface area contributed by atoms with Crippen molar-refractivity contribution in [1.29, 1.82) is 16.2 Å². The van der Waals surface area contributed by atoms with Gasteiger partial charge in [0.05, 0.1) is 33.0 Å². The quantitative estimate of drug-likeness (QED) is 0.0486. The van der Waals surface area contributed by atoms with Crippen LogP contribution in [0.2, 0.25) is 0 Å². The molecule has 0 heterocycles. The molecule has 0 aliphatic carbocycles. The third kappa shape index (κ3) is 11.9. The molecule has 0 bridgehead atoms. The van der Waals surface area contributed by atoms with Crippen molar-refractivity contribution in [3.8, 4) is 0 Å². The van der Waals surface area contributed by atoms with E-state index in [2.05, 4.69) is 0 Å². The van der Waals surface area contributed by atoms with Crippen molar-refractivity contribution in [2.24, 2.45) is 0 Å². The highest BCUT2D eigenvalue weighted by Gasteiger charge is 2.34. The second-order valence-electron chi connectivity index (χ2n) is 6.08. The van der Waals surface area contributed by atoms with Gasteiger partial charge in [-0.05, 0) is 0 Å². The molecule has 0 rings (SSSR count). The molecular formula is C15H32N6O9. The maximum Gasteiger partial charge on any atom is 0.120 e. The summed E-state index contributed by atoms with van der Waals surface area (Å²) in [4.78, 5) is 0. The number of hydrogen-bond donors (Lipinski definition) is 12. The Kier molecular flexibility index (Phi) is 15.7. The SMILES string of the molecule is N=C(CCOCC(O)C(OCCC(=N)NO)C(O)C(CO)OCCC(=N)NO)NO. The van der Waals surface area contributed by atoms with E-state index < -0.39 is 31.0 Å². The Bertz CT molecular complexity index is 513. The summed E-state index contributed by atoms with van der Waals surface area (Å²) in [7, 11) is 0. The first kappa shape index (κ1) is 28.1. The predicted octanol–water partition coefficient (Wildman–Crippen LogP) is -2.47. The highest BCUT2D eigenvalue weighted by atomic mass is 16.5. The number of hydroxylamine groups is 3. The van der Waals surface area contributed by atoms with Crippen molar-refractivity contribution in [3.63, 3.8) is 0 Å². The first-order valence-corrected chi connectivity index (χ1v) is 9.01. The summed E-state index contributed by atoms with van der Waals surface area (Å²) in [5.74, 6) is -0.682.